The minimum Gasteiger partial charge on any atom is -0.508 e. The number of aromatic hydroxyl groups is 2. The first-order valence-electron chi connectivity index (χ1n) is 10.5. The Labute approximate surface area is 175 Å². The molecule has 162 valence electrons. The molecule has 0 saturated carbocycles. The Hall–Kier alpha value is -2.43. The van der Waals surface area contributed by atoms with Crippen molar-refractivity contribution >= 4 is 6.09 Å². The Morgan fingerprint density at radius 1 is 1.10 bits per heavy atom. The minimum atomic E-state index is -0.828. The fourth-order valence-corrected chi connectivity index (χ4v) is 3.28. The predicted molar refractivity (Wildman–Crippen MR) is 118 cm³/mol. The number of primary amides is 1. The molecular formula is C24H37NO4. The number of ether oxygens (including phenoxy) is 1. The van der Waals surface area contributed by atoms with Crippen molar-refractivity contribution in [3.63, 3.8) is 0 Å². The second-order valence-electron chi connectivity index (χ2n) is 7.81. The van der Waals surface area contributed by atoms with Crippen LogP contribution in [0.25, 0.3) is 0 Å². The number of unbranched alkanes of at least 4 members (excludes halogenated alkanes) is 2. The molecule has 5 nitrogen and oxygen atoms in total. The second-order valence-corrected chi connectivity index (χ2v) is 7.81. The van der Waals surface area contributed by atoms with Gasteiger partial charge in [-0.25, -0.2) is 4.79 Å². The van der Waals surface area contributed by atoms with Gasteiger partial charge in [-0.3, -0.25) is 0 Å². The summed E-state index contributed by atoms with van der Waals surface area (Å²) in [5.41, 5.74) is 9.70. The molecule has 1 aromatic carbocycles. The Kier molecular flexibility index (Phi) is 11.0. The maximum atomic E-state index is 10.9. The molecule has 1 rings (SSSR count). The number of amides is 1. The van der Waals surface area contributed by atoms with Gasteiger partial charge in [0, 0.05) is 17.5 Å². The van der Waals surface area contributed by atoms with Crippen LogP contribution in [0.5, 0.6) is 11.5 Å². The molecule has 0 aliphatic heterocycles. The summed E-state index contributed by atoms with van der Waals surface area (Å²) in [5.74, 6) is 0.208. The lowest BCUT2D eigenvalue weighted by molar-refractivity contribution is 0.158. The summed E-state index contributed by atoms with van der Waals surface area (Å²) in [6.07, 6.45) is 10.1. The van der Waals surface area contributed by atoms with Crippen LogP contribution in [0.2, 0.25) is 0 Å². The van der Waals surface area contributed by atoms with E-state index in [9.17, 15) is 15.0 Å². The van der Waals surface area contributed by atoms with Gasteiger partial charge in [-0.2, -0.15) is 0 Å². The Morgan fingerprint density at radius 2 is 1.83 bits per heavy atom. The average Bonchev–Trinajstić information content (AvgIpc) is 2.63. The van der Waals surface area contributed by atoms with Gasteiger partial charge in [0.2, 0.25) is 0 Å². The molecule has 0 bridgehead atoms. The fraction of sp³-hybridized carbons (Fsp3) is 0.542. The van der Waals surface area contributed by atoms with Crippen molar-refractivity contribution in [1.29, 1.82) is 0 Å². The van der Waals surface area contributed by atoms with Gasteiger partial charge in [-0.1, -0.05) is 43.1 Å². The zero-order valence-corrected chi connectivity index (χ0v) is 18.4. The monoisotopic (exact) mass is 403 g/mol. The first kappa shape index (κ1) is 24.6. The van der Waals surface area contributed by atoms with Gasteiger partial charge in [0.15, 0.2) is 0 Å². The first-order chi connectivity index (χ1) is 13.8. The normalized spacial score (nSPS) is 11.4. The summed E-state index contributed by atoms with van der Waals surface area (Å²) in [5, 5.41) is 21.4. The number of hydrogen-bond acceptors (Lipinski definition) is 4. The van der Waals surface area contributed by atoms with Gasteiger partial charge in [-0.05, 0) is 64.5 Å². The maximum absolute atomic E-state index is 10.9. The molecule has 5 heteroatoms. The van der Waals surface area contributed by atoms with Crippen LogP contribution in [-0.4, -0.2) is 22.9 Å². The second kappa shape index (κ2) is 12.9. The quantitative estimate of drug-likeness (QED) is 0.308. The summed E-state index contributed by atoms with van der Waals surface area (Å²) >= 11 is 0. The van der Waals surface area contributed by atoms with Crippen molar-refractivity contribution in [3.8, 4) is 11.5 Å². The van der Waals surface area contributed by atoms with E-state index in [0.29, 0.717) is 18.4 Å². The van der Waals surface area contributed by atoms with Gasteiger partial charge in [0.1, 0.15) is 11.5 Å². The van der Waals surface area contributed by atoms with Crippen molar-refractivity contribution in [2.75, 3.05) is 6.61 Å². The van der Waals surface area contributed by atoms with Gasteiger partial charge in [0.25, 0.3) is 0 Å². The number of phenols is 2. The Bertz CT molecular complexity index is 731. The molecule has 0 aromatic heterocycles. The Balaban J connectivity index is 3.04. The lowest BCUT2D eigenvalue weighted by atomic mass is 9.93. The third-order valence-corrected chi connectivity index (χ3v) is 4.97. The molecule has 0 atom stereocenters. The van der Waals surface area contributed by atoms with E-state index < -0.39 is 6.09 Å². The van der Waals surface area contributed by atoms with Crippen LogP contribution >= 0.6 is 0 Å². The number of hydrogen-bond donors (Lipinski definition) is 3. The number of allylic oxidation sites excluding steroid dienone is 4. The third kappa shape index (κ3) is 9.07. The van der Waals surface area contributed by atoms with Crippen LogP contribution in [-0.2, 0) is 24.0 Å². The molecule has 0 heterocycles. The standard InChI is InChI=1S/C24H37NO4/c1-5-6-7-11-19-16-22(26)21(13-12-18(4)10-8-9-17(2)3)23(27)20(19)14-15-29-24(25)28/h9,12,16,26-27H,5-8,10-11,13-15H2,1-4H3,(H2,25,28)/b18-12+. The van der Waals surface area contributed by atoms with E-state index in [2.05, 4.69) is 33.8 Å². The van der Waals surface area contributed by atoms with E-state index in [1.807, 2.05) is 6.08 Å². The predicted octanol–water partition coefficient (Wildman–Crippen LogP) is 5.70. The lowest BCUT2D eigenvalue weighted by Gasteiger charge is -2.16. The molecule has 0 unspecified atom stereocenters. The molecule has 1 amide bonds. The van der Waals surface area contributed by atoms with E-state index in [1.165, 1.54) is 11.1 Å². The highest BCUT2D eigenvalue weighted by atomic mass is 16.5. The van der Waals surface area contributed by atoms with Gasteiger partial charge < -0.3 is 20.7 Å². The summed E-state index contributed by atoms with van der Waals surface area (Å²) in [6, 6.07) is 1.75. The van der Waals surface area contributed by atoms with Crippen molar-refractivity contribution in [3.05, 3.63) is 46.1 Å². The Morgan fingerprint density at radius 3 is 2.45 bits per heavy atom. The number of rotatable bonds is 12. The van der Waals surface area contributed by atoms with Crippen LogP contribution in [0.1, 0.15) is 76.5 Å². The zero-order chi connectivity index (χ0) is 21.8. The van der Waals surface area contributed by atoms with Crippen LogP contribution in [0.4, 0.5) is 4.79 Å². The molecule has 0 fully saturated rings. The maximum Gasteiger partial charge on any atom is 0.404 e. The van der Waals surface area contributed by atoms with Crippen molar-refractivity contribution in [2.45, 2.75) is 79.1 Å². The third-order valence-electron chi connectivity index (χ3n) is 4.97. The smallest absolute Gasteiger partial charge is 0.404 e. The molecule has 4 N–H and O–H groups in total. The van der Waals surface area contributed by atoms with Gasteiger partial charge in [-0.15, -0.1) is 0 Å². The zero-order valence-electron chi connectivity index (χ0n) is 18.4. The summed E-state index contributed by atoms with van der Waals surface area (Å²) in [7, 11) is 0. The molecule has 0 radical (unpaired) electrons. The SMILES string of the molecule is CCCCCc1cc(O)c(C/C=C(\C)CCC=C(C)C)c(O)c1CCOC(N)=O. The molecule has 0 saturated heterocycles. The van der Waals surface area contributed by atoms with Crippen molar-refractivity contribution in [2.24, 2.45) is 5.73 Å². The number of carbonyl (C=O) groups is 1. The number of carbonyl (C=O) groups excluding carboxylic acids is 1. The highest BCUT2D eigenvalue weighted by molar-refractivity contribution is 5.64. The fourth-order valence-electron chi connectivity index (χ4n) is 3.28. The first-order valence-corrected chi connectivity index (χ1v) is 10.5. The van der Waals surface area contributed by atoms with Gasteiger partial charge >= 0.3 is 6.09 Å². The largest absolute Gasteiger partial charge is 0.508 e. The molecule has 29 heavy (non-hydrogen) atoms. The van der Waals surface area contributed by atoms with Crippen LogP contribution in [0, 0.1) is 0 Å². The average molecular weight is 404 g/mol. The number of phenolic OH excluding ortho intramolecular Hbond substituents is 2. The topological polar surface area (TPSA) is 92.8 Å². The highest BCUT2D eigenvalue weighted by Crippen LogP contribution is 2.36. The number of benzene rings is 1. The van der Waals surface area contributed by atoms with E-state index >= 15 is 0 Å². The van der Waals surface area contributed by atoms with E-state index in [0.717, 1.165) is 49.7 Å². The van der Waals surface area contributed by atoms with Gasteiger partial charge in [0.05, 0.1) is 6.61 Å². The van der Waals surface area contributed by atoms with Crippen LogP contribution in [0.15, 0.2) is 29.4 Å². The summed E-state index contributed by atoms with van der Waals surface area (Å²) < 4.78 is 4.86. The van der Waals surface area contributed by atoms with E-state index in [1.54, 1.807) is 6.07 Å². The van der Waals surface area contributed by atoms with Crippen LogP contribution in [0.3, 0.4) is 0 Å². The van der Waals surface area contributed by atoms with Crippen molar-refractivity contribution < 1.29 is 19.7 Å². The van der Waals surface area contributed by atoms with E-state index in [-0.39, 0.29) is 18.1 Å². The lowest BCUT2D eigenvalue weighted by Crippen LogP contribution is -2.15. The molecule has 0 aliphatic carbocycles. The molecular weight excluding hydrogens is 366 g/mol. The summed E-state index contributed by atoms with van der Waals surface area (Å²) in [4.78, 5) is 10.9. The minimum absolute atomic E-state index is 0.0953. The number of nitrogens with two attached hydrogens (primary N) is 1. The molecule has 0 aliphatic rings. The summed E-state index contributed by atoms with van der Waals surface area (Å²) in [6.45, 7) is 8.46. The van der Waals surface area contributed by atoms with Crippen LogP contribution < -0.4 is 5.73 Å². The molecule has 1 aromatic rings. The highest BCUT2D eigenvalue weighted by Gasteiger charge is 2.17. The number of aryl methyl sites for hydroxylation is 1. The van der Waals surface area contributed by atoms with E-state index in [4.69, 9.17) is 10.5 Å². The molecule has 0 spiro atoms. The van der Waals surface area contributed by atoms with Crippen molar-refractivity contribution in [1.82, 2.24) is 0 Å².